The number of benzene rings is 2. The summed E-state index contributed by atoms with van der Waals surface area (Å²) in [4.78, 5) is 12.6. The van der Waals surface area contributed by atoms with Gasteiger partial charge < -0.3 is 19.9 Å². The number of carbonyl (C=O) groups is 1. The molecule has 0 spiro atoms. The number of phenolic OH excluding ortho intramolecular Hbond substituents is 1. The molecule has 0 unspecified atom stereocenters. The van der Waals surface area contributed by atoms with Gasteiger partial charge in [-0.05, 0) is 36.4 Å². The van der Waals surface area contributed by atoms with E-state index in [-0.39, 0.29) is 25.0 Å². The molecular weight excluding hydrogens is 402 g/mol. The van der Waals surface area contributed by atoms with Crippen molar-refractivity contribution < 1.29 is 19.4 Å². The summed E-state index contributed by atoms with van der Waals surface area (Å²) in [5, 5.41) is 19.5. The number of amides is 1. The van der Waals surface area contributed by atoms with Crippen molar-refractivity contribution in [1.29, 1.82) is 0 Å². The second kappa shape index (κ2) is 6.72. The van der Waals surface area contributed by atoms with E-state index in [9.17, 15) is 9.90 Å². The second-order valence-electron chi connectivity index (χ2n) is 5.68. The van der Waals surface area contributed by atoms with E-state index in [0.29, 0.717) is 28.3 Å². The van der Waals surface area contributed by atoms with Crippen molar-refractivity contribution >= 4 is 21.8 Å². The van der Waals surface area contributed by atoms with Gasteiger partial charge in [-0.15, -0.1) is 0 Å². The quantitative estimate of drug-likeness (QED) is 0.607. The lowest BCUT2D eigenvalue weighted by Gasteiger charge is -2.08. The maximum absolute atomic E-state index is 12.6. The minimum Gasteiger partial charge on any atom is -0.508 e. The molecular formula is C18H14BrN3O4. The Morgan fingerprint density at radius 3 is 2.96 bits per heavy atom. The number of phenols is 1. The van der Waals surface area contributed by atoms with Crippen LogP contribution in [0, 0.1) is 0 Å². The molecule has 0 fully saturated rings. The predicted molar refractivity (Wildman–Crippen MR) is 97.1 cm³/mol. The smallest absolute Gasteiger partial charge is 0.255 e. The standard InChI is InChI=1S/C18H14BrN3O4/c19-12-2-3-14(23)11(5-12)7-20-18(24)13-8-21-22-17(13)10-1-4-15-16(6-10)26-9-25-15/h1-6,8,23H,7,9H2,(H,20,24)(H,21,22). The van der Waals surface area contributed by atoms with Gasteiger partial charge in [-0.25, -0.2) is 0 Å². The van der Waals surface area contributed by atoms with E-state index in [1.807, 2.05) is 6.07 Å². The first kappa shape index (κ1) is 16.5. The topological polar surface area (TPSA) is 96.5 Å². The molecule has 8 heteroatoms. The van der Waals surface area contributed by atoms with E-state index < -0.39 is 0 Å². The van der Waals surface area contributed by atoms with Crippen LogP contribution in [0.3, 0.4) is 0 Å². The van der Waals surface area contributed by atoms with Crippen molar-refractivity contribution in [2.45, 2.75) is 6.54 Å². The Bertz CT molecular complexity index is 986. The second-order valence-corrected chi connectivity index (χ2v) is 6.60. The van der Waals surface area contributed by atoms with Gasteiger partial charge in [-0.3, -0.25) is 9.89 Å². The molecule has 1 aliphatic rings. The van der Waals surface area contributed by atoms with Crippen molar-refractivity contribution in [2.75, 3.05) is 6.79 Å². The fourth-order valence-electron chi connectivity index (χ4n) is 2.70. The van der Waals surface area contributed by atoms with Gasteiger partial charge >= 0.3 is 0 Å². The molecule has 0 aliphatic carbocycles. The summed E-state index contributed by atoms with van der Waals surface area (Å²) < 4.78 is 11.5. The maximum atomic E-state index is 12.6. The van der Waals surface area contributed by atoms with Gasteiger partial charge in [0.2, 0.25) is 6.79 Å². The largest absolute Gasteiger partial charge is 0.508 e. The number of nitrogens with zero attached hydrogens (tertiary/aromatic N) is 1. The van der Waals surface area contributed by atoms with Gasteiger partial charge in [0.1, 0.15) is 5.75 Å². The minimum absolute atomic E-state index is 0.122. The number of ether oxygens (including phenoxy) is 2. The number of rotatable bonds is 4. The molecule has 132 valence electrons. The molecule has 0 saturated heterocycles. The van der Waals surface area contributed by atoms with E-state index in [2.05, 4.69) is 31.4 Å². The van der Waals surface area contributed by atoms with Crippen LogP contribution in [0.15, 0.2) is 47.1 Å². The third-order valence-corrected chi connectivity index (χ3v) is 4.52. The zero-order valence-electron chi connectivity index (χ0n) is 13.5. The number of hydrogen-bond acceptors (Lipinski definition) is 5. The van der Waals surface area contributed by atoms with Crippen LogP contribution in [-0.2, 0) is 6.54 Å². The van der Waals surface area contributed by atoms with Crippen LogP contribution in [0.2, 0.25) is 0 Å². The lowest BCUT2D eigenvalue weighted by molar-refractivity contribution is 0.0951. The van der Waals surface area contributed by atoms with E-state index in [0.717, 1.165) is 10.0 Å². The van der Waals surface area contributed by atoms with Crippen molar-refractivity contribution in [2.24, 2.45) is 0 Å². The van der Waals surface area contributed by atoms with Crippen LogP contribution < -0.4 is 14.8 Å². The Morgan fingerprint density at radius 1 is 1.23 bits per heavy atom. The zero-order chi connectivity index (χ0) is 18.1. The van der Waals surface area contributed by atoms with E-state index in [1.54, 1.807) is 30.3 Å². The molecule has 3 aromatic rings. The van der Waals surface area contributed by atoms with Crippen LogP contribution in [0.25, 0.3) is 11.3 Å². The third kappa shape index (κ3) is 3.11. The monoisotopic (exact) mass is 415 g/mol. The summed E-state index contributed by atoms with van der Waals surface area (Å²) in [5.41, 5.74) is 2.36. The Morgan fingerprint density at radius 2 is 2.08 bits per heavy atom. The Hall–Kier alpha value is -3.00. The van der Waals surface area contributed by atoms with Gasteiger partial charge in [0.05, 0.1) is 17.5 Å². The van der Waals surface area contributed by atoms with Gasteiger partial charge in [-0.2, -0.15) is 5.10 Å². The average Bonchev–Trinajstić information content (AvgIpc) is 3.30. The number of fused-ring (bicyclic) bond motifs is 1. The van der Waals surface area contributed by atoms with Crippen LogP contribution >= 0.6 is 15.9 Å². The zero-order valence-corrected chi connectivity index (χ0v) is 15.0. The molecule has 0 radical (unpaired) electrons. The third-order valence-electron chi connectivity index (χ3n) is 4.03. The number of halogens is 1. The first-order valence-corrected chi connectivity index (χ1v) is 8.60. The molecule has 4 rings (SSSR count). The Kier molecular flexibility index (Phi) is 4.26. The molecule has 0 saturated carbocycles. The maximum Gasteiger partial charge on any atom is 0.255 e. The highest BCUT2D eigenvalue weighted by atomic mass is 79.9. The number of aromatic amines is 1. The van der Waals surface area contributed by atoms with Gasteiger partial charge in [0.15, 0.2) is 11.5 Å². The van der Waals surface area contributed by atoms with Crippen molar-refractivity contribution in [3.63, 3.8) is 0 Å². The summed E-state index contributed by atoms with van der Waals surface area (Å²) in [7, 11) is 0. The van der Waals surface area contributed by atoms with Gasteiger partial charge in [0, 0.05) is 22.1 Å². The van der Waals surface area contributed by atoms with Gasteiger partial charge in [-0.1, -0.05) is 15.9 Å². The summed E-state index contributed by atoms with van der Waals surface area (Å²) in [6, 6.07) is 10.5. The molecule has 1 aromatic heterocycles. The molecule has 26 heavy (non-hydrogen) atoms. The number of aromatic nitrogens is 2. The molecule has 2 heterocycles. The molecule has 1 aliphatic heterocycles. The predicted octanol–water partition coefficient (Wildman–Crippen LogP) is 3.20. The highest BCUT2D eigenvalue weighted by Gasteiger charge is 2.19. The SMILES string of the molecule is O=C(NCc1cc(Br)ccc1O)c1cn[nH]c1-c1ccc2c(c1)OCO2. The number of hydrogen-bond donors (Lipinski definition) is 3. The van der Waals surface area contributed by atoms with Crippen molar-refractivity contribution in [3.8, 4) is 28.5 Å². The lowest BCUT2D eigenvalue weighted by Crippen LogP contribution is -2.23. The molecule has 7 nitrogen and oxygen atoms in total. The van der Waals surface area contributed by atoms with Crippen LogP contribution in [0.4, 0.5) is 0 Å². The summed E-state index contributed by atoms with van der Waals surface area (Å²) in [5.74, 6) is 1.12. The molecule has 2 aromatic carbocycles. The van der Waals surface area contributed by atoms with Gasteiger partial charge in [0.25, 0.3) is 5.91 Å². The van der Waals surface area contributed by atoms with Crippen molar-refractivity contribution in [1.82, 2.24) is 15.5 Å². The van der Waals surface area contributed by atoms with Crippen molar-refractivity contribution in [3.05, 3.63) is 58.2 Å². The first-order chi connectivity index (χ1) is 12.6. The van der Waals surface area contributed by atoms with E-state index >= 15 is 0 Å². The van der Waals surface area contributed by atoms with Crippen LogP contribution in [0.1, 0.15) is 15.9 Å². The Balaban J connectivity index is 1.54. The summed E-state index contributed by atoms with van der Waals surface area (Å²) in [6.45, 7) is 0.376. The molecule has 1 amide bonds. The fourth-order valence-corrected chi connectivity index (χ4v) is 3.11. The highest BCUT2D eigenvalue weighted by Crippen LogP contribution is 2.36. The first-order valence-electron chi connectivity index (χ1n) is 7.81. The number of H-pyrrole nitrogens is 1. The van der Waals surface area contributed by atoms with E-state index in [1.165, 1.54) is 6.20 Å². The number of aromatic hydroxyl groups is 1. The fraction of sp³-hybridized carbons (Fsp3) is 0.111. The summed E-state index contributed by atoms with van der Waals surface area (Å²) >= 11 is 3.35. The number of nitrogens with one attached hydrogen (secondary N) is 2. The van der Waals surface area contributed by atoms with Crippen LogP contribution in [-0.4, -0.2) is 28.0 Å². The van der Waals surface area contributed by atoms with Crippen LogP contribution in [0.5, 0.6) is 17.2 Å². The average molecular weight is 416 g/mol. The van der Waals surface area contributed by atoms with E-state index in [4.69, 9.17) is 9.47 Å². The number of carbonyl (C=O) groups excluding carboxylic acids is 1. The molecule has 3 N–H and O–H groups in total. The Labute approximate surface area is 157 Å². The molecule has 0 atom stereocenters. The summed E-state index contributed by atoms with van der Waals surface area (Å²) in [6.07, 6.45) is 1.47. The minimum atomic E-state index is -0.300. The lowest BCUT2D eigenvalue weighted by atomic mass is 10.1. The normalized spacial score (nSPS) is 12.2. The molecule has 0 bridgehead atoms. The highest BCUT2D eigenvalue weighted by molar-refractivity contribution is 9.10.